The van der Waals surface area contributed by atoms with Crippen molar-refractivity contribution in [3.63, 3.8) is 0 Å². The number of nitro groups is 1. The van der Waals surface area contributed by atoms with Crippen molar-refractivity contribution in [1.29, 1.82) is 0 Å². The Kier molecular flexibility index (Phi) is 6.27. The quantitative estimate of drug-likeness (QED) is 0.290. The van der Waals surface area contributed by atoms with Crippen molar-refractivity contribution >= 4 is 13.8 Å². The van der Waals surface area contributed by atoms with E-state index < -0.39 is 13.0 Å². The standard InChI is InChI=1S/C21H29N3O2Si/c1-15(2)27(16(3)4,17(5)6)13-12-21-14-18(7)22-23(21)19-8-10-20(11-9-19)24(25)26/h8-11,14-17H,1-7H3. The number of hydrogen-bond acceptors (Lipinski definition) is 3. The first-order chi connectivity index (χ1) is 12.6. The highest BCUT2D eigenvalue weighted by Gasteiger charge is 2.41. The first kappa shape index (κ1) is 20.9. The van der Waals surface area contributed by atoms with Crippen LogP contribution in [0.4, 0.5) is 5.69 Å². The second-order valence-electron chi connectivity index (χ2n) is 8.00. The summed E-state index contributed by atoms with van der Waals surface area (Å²) < 4.78 is 1.78. The van der Waals surface area contributed by atoms with E-state index in [4.69, 9.17) is 0 Å². The van der Waals surface area contributed by atoms with Gasteiger partial charge in [-0.2, -0.15) is 5.10 Å². The molecule has 2 aromatic rings. The van der Waals surface area contributed by atoms with E-state index in [2.05, 4.69) is 58.1 Å². The molecule has 0 bridgehead atoms. The van der Waals surface area contributed by atoms with E-state index >= 15 is 0 Å². The van der Waals surface area contributed by atoms with Crippen molar-refractivity contribution in [3.8, 4) is 17.2 Å². The molecule has 0 aliphatic rings. The molecule has 6 heteroatoms. The number of nitrogens with zero attached hydrogens (tertiary/aromatic N) is 3. The zero-order valence-electron chi connectivity index (χ0n) is 17.3. The first-order valence-electron chi connectivity index (χ1n) is 9.44. The van der Waals surface area contributed by atoms with Gasteiger partial charge in [-0.15, -0.1) is 5.54 Å². The molecule has 1 aromatic carbocycles. The summed E-state index contributed by atoms with van der Waals surface area (Å²) in [4.78, 5) is 10.5. The van der Waals surface area contributed by atoms with Crippen LogP contribution < -0.4 is 0 Å². The molecule has 0 N–H and O–H groups in total. The number of aromatic nitrogens is 2. The predicted octanol–water partition coefficient (Wildman–Crippen LogP) is 5.66. The number of aryl methyl sites for hydroxylation is 1. The van der Waals surface area contributed by atoms with Gasteiger partial charge in [-0.3, -0.25) is 10.1 Å². The van der Waals surface area contributed by atoms with Gasteiger partial charge in [0.1, 0.15) is 13.8 Å². The fourth-order valence-corrected chi connectivity index (χ4v) is 9.32. The summed E-state index contributed by atoms with van der Waals surface area (Å²) in [5.41, 5.74) is 7.96. The highest BCUT2D eigenvalue weighted by atomic mass is 28.3. The van der Waals surface area contributed by atoms with Crippen molar-refractivity contribution in [3.05, 3.63) is 51.8 Å². The van der Waals surface area contributed by atoms with E-state index in [-0.39, 0.29) is 5.69 Å². The Labute approximate surface area is 163 Å². The monoisotopic (exact) mass is 383 g/mol. The van der Waals surface area contributed by atoms with Gasteiger partial charge in [-0.25, -0.2) is 4.68 Å². The Bertz CT molecular complexity index is 849. The molecule has 0 fully saturated rings. The van der Waals surface area contributed by atoms with Crippen LogP contribution in [-0.4, -0.2) is 22.8 Å². The van der Waals surface area contributed by atoms with E-state index in [9.17, 15) is 10.1 Å². The lowest BCUT2D eigenvalue weighted by Gasteiger charge is -2.38. The summed E-state index contributed by atoms with van der Waals surface area (Å²) in [6.45, 7) is 15.7. The van der Waals surface area contributed by atoms with E-state index in [1.54, 1.807) is 16.8 Å². The Hall–Kier alpha value is -2.39. The van der Waals surface area contributed by atoms with Crippen LogP contribution in [0, 0.1) is 28.5 Å². The fourth-order valence-electron chi connectivity index (χ4n) is 4.11. The second kappa shape index (κ2) is 8.09. The van der Waals surface area contributed by atoms with Crippen molar-refractivity contribution in [1.82, 2.24) is 9.78 Å². The third kappa shape index (κ3) is 4.14. The lowest BCUT2D eigenvalue weighted by atomic mass is 10.3. The van der Waals surface area contributed by atoms with Gasteiger partial charge in [-0.05, 0) is 41.7 Å². The summed E-state index contributed by atoms with van der Waals surface area (Å²) in [5.74, 6) is 3.43. The molecule has 0 aliphatic heterocycles. The number of non-ortho nitro benzene ring substituents is 1. The molecule has 0 saturated heterocycles. The third-order valence-electron chi connectivity index (χ3n) is 5.41. The Morgan fingerprint density at radius 3 is 2.00 bits per heavy atom. The molecular weight excluding hydrogens is 354 g/mol. The van der Waals surface area contributed by atoms with Crippen molar-refractivity contribution in [2.45, 2.75) is 65.1 Å². The smallest absolute Gasteiger partial charge is 0.258 e. The highest BCUT2D eigenvalue weighted by Crippen LogP contribution is 2.40. The number of benzene rings is 1. The van der Waals surface area contributed by atoms with Crippen LogP contribution in [0.3, 0.4) is 0 Å². The molecule has 0 unspecified atom stereocenters. The second-order valence-corrected chi connectivity index (χ2v) is 13.6. The Morgan fingerprint density at radius 1 is 1.04 bits per heavy atom. The van der Waals surface area contributed by atoms with Gasteiger partial charge in [0.2, 0.25) is 0 Å². The SMILES string of the molecule is Cc1cc(C#C[Si](C(C)C)(C(C)C)C(C)C)n(-c2ccc([N+](=O)[O-])cc2)n1. The average molecular weight is 384 g/mol. The lowest BCUT2D eigenvalue weighted by molar-refractivity contribution is -0.384. The van der Waals surface area contributed by atoms with Gasteiger partial charge in [0.05, 0.1) is 16.3 Å². The van der Waals surface area contributed by atoms with Crippen molar-refractivity contribution in [2.24, 2.45) is 0 Å². The van der Waals surface area contributed by atoms with Crippen LogP contribution in [0.1, 0.15) is 52.9 Å². The molecule has 2 rings (SSSR count). The maximum Gasteiger partial charge on any atom is 0.269 e. The average Bonchev–Trinajstić information content (AvgIpc) is 2.95. The minimum atomic E-state index is -1.84. The number of nitro benzene ring substituents is 1. The van der Waals surface area contributed by atoms with Gasteiger partial charge in [0.15, 0.2) is 0 Å². The van der Waals surface area contributed by atoms with Crippen LogP contribution in [-0.2, 0) is 0 Å². The molecule has 144 valence electrons. The first-order valence-corrected chi connectivity index (χ1v) is 11.7. The molecular formula is C21H29N3O2Si. The summed E-state index contributed by atoms with van der Waals surface area (Å²) in [7, 11) is -1.84. The summed E-state index contributed by atoms with van der Waals surface area (Å²) >= 11 is 0. The normalized spacial score (nSPS) is 11.8. The molecule has 0 aliphatic carbocycles. The van der Waals surface area contributed by atoms with E-state index in [0.717, 1.165) is 17.1 Å². The number of hydrogen-bond donors (Lipinski definition) is 0. The topological polar surface area (TPSA) is 61.0 Å². The van der Waals surface area contributed by atoms with Crippen LogP contribution in [0.2, 0.25) is 16.6 Å². The number of rotatable bonds is 5. The van der Waals surface area contributed by atoms with E-state index in [1.807, 2.05) is 13.0 Å². The van der Waals surface area contributed by atoms with E-state index in [1.165, 1.54) is 12.1 Å². The summed E-state index contributed by atoms with van der Waals surface area (Å²) in [6.07, 6.45) is 0. The minimum absolute atomic E-state index is 0.0705. The van der Waals surface area contributed by atoms with Crippen molar-refractivity contribution < 1.29 is 4.92 Å². The maximum absolute atomic E-state index is 10.9. The molecule has 0 saturated carbocycles. The van der Waals surface area contributed by atoms with Gasteiger partial charge >= 0.3 is 0 Å². The van der Waals surface area contributed by atoms with Crippen molar-refractivity contribution in [2.75, 3.05) is 0 Å². The van der Waals surface area contributed by atoms with Crippen LogP contribution >= 0.6 is 0 Å². The summed E-state index contributed by atoms with van der Waals surface area (Å²) in [5, 5.41) is 15.4. The predicted molar refractivity (Wildman–Crippen MR) is 113 cm³/mol. The van der Waals surface area contributed by atoms with Gasteiger partial charge < -0.3 is 0 Å². The fraction of sp³-hybridized carbons (Fsp3) is 0.476. The molecule has 0 spiro atoms. The molecule has 5 nitrogen and oxygen atoms in total. The third-order valence-corrected chi connectivity index (χ3v) is 11.7. The Balaban J connectivity index is 2.53. The Morgan fingerprint density at radius 2 is 1.56 bits per heavy atom. The van der Waals surface area contributed by atoms with Crippen LogP contribution in [0.5, 0.6) is 0 Å². The maximum atomic E-state index is 10.9. The largest absolute Gasteiger partial charge is 0.269 e. The summed E-state index contributed by atoms with van der Waals surface area (Å²) in [6, 6.07) is 8.41. The van der Waals surface area contributed by atoms with Gasteiger partial charge in [0.25, 0.3) is 5.69 Å². The molecule has 1 aromatic heterocycles. The lowest BCUT2D eigenvalue weighted by Crippen LogP contribution is -2.43. The molecule has 0 atom stereocenters. The molecule has 1 heterocycles. The van der Waals surface area contributed by atoms with Crippen LogP contribution in [0.15, 0.2) is 30.3 Å². The zero-order chi connectivity index (χ0) is 20.4. The molecule has 0 amide bonds. The van der Waals surface area contributed by atoms with E-state index in [0.29, 0.717) is 16.6 Å². The molecule has 27 heavy (non-hydrogen) atoms. The van der Waals surface area contributed by atoms with Gasteiger partial charge in [0, 0.05) is 12.1 Å². The molecule has 0 radical (unpaired) electrons. The minimum Gasteiger partial charge on any atom is -0.258 e. The van der Waals surface area contributed by atoms with Gasteiger partial charge in [-0.1, -0.05) is 47.5 Å². The highest BCUT2D eigenvalue weighted by molar-refractivity contribution is 6.90. The zero-order valence-corrected chi connectivity index (χ0v) is 18.3. The van der Waals surface area contributed by atoms with Crippen LogP contribution in [0.25, 0.3) is 5.69 Å².